The van der Waals surface area contributed by atoms with Gasteiger partial charge < -0.3 is 19.9 Å². The largest absolute Gasteiger partial charge is 0.496 e. The van der Waals surface area contributed by atoms with E-state index in [4.69, 9.17) is 9.47 Å². The number of benzene rings is 2. The highest BCUT2D eigenvalue weighted by molar-refractivity contribution is 5.71. The summed E-state index contributed by atoms with van der Waals surface area (Å²) in [7, 11) is 1.58. The molecule has 27 heavy (non-hydrogen) atoms. The van der Waals surface area contributed by atoms with Crippen LogP contribution in [-0.2, 0) is 17.9 Å². The summed E-state index contributed by atoms with van der Waals surface area (Å²) in [6, 6.07) is 11.9. The summed E-state index contributed by atoms with van der Waals surface area (Å²) in [4.78, 5) is 11.3. The van der Waals surface area contributed by atoms with Crippen molar-refractivity contribution in [1.29, 1.82) is 0 Å². The number of hydrogen-bond donors (Lipinski definition) is 2. The number of carboxylic acid groups (broad SMARTS) is 1. The Hall–Kier alpha value is -2.60. The minimum atomic E-state index is -0.742. The van der Waals surface area contributed by atoms with Crippen molar-refractivity contribution in [3.8, 4) is 11.5 Å². The van der Waals surface area contributed by atoms with Crippen LogP contribution in [0.4, 0.5) is 4.39 Å². The second-order valence-corrected chi connectivity index (χ2v) is 6.72. The van der Waals surface area contributed by atoms with Gasteiger partial charge in [-0.3, -0.25) is 4.79 Å². The zero-order chi connectivity index (χ0) is 19.2. The first-order valence-electron chi connectivity index (χ1n) is 9.08. The Morgan fingerprint density at radius 3 is 2.78 bits per heavy atom. The molecule has 1 fully saturated rings. The Bertz CT molecular complexity index is 796. The maximum Gasteiger partial charge on any atom is 0.308 e. The minimum absolute atomic E-state index is 0.0239. The molecule has 1 aliphatic carbocycles. The molecule has 5 nitrogen and oxygen atoms in total. The molecule has 6 heteroatoms. The Morgan fingerprint density at radius 1 is 1.22 bits per heavy atom. The lowest BCUT2D eigenvalue weighted by Crippen LogP contribution is -2.35. The average molecular weight is 373 g/mol. The molecule has 0 heterocycles. The third kappa shape index (κ3) is 4.77. The molecule has 2 unspecified atom stereocenters. The summed E-state index contributed by atoms with van der Waals surface area (Å²) >= 11 is 0. The van der Waals surface area contributed by atoms with E-state index in [0.717, 1.165) is 18.4 Å². The van der Waals surface area contributed by atoms with Gasteiger partial charge in [0, 0.05) is 29.8 Å². The number of halogens is 1. The second kappa shape index (κ2) is 8.86. The molecule has 0 amide bonds. The van der Waals surface area contributed by atoms with Crippen LogP contribution in [0, 0.1) is 11.7 Å². The van der Waals surface area contributed by atoms with E-state index >= 15 is 0 Å². The highest BCUT2D eigenvalue weighted by Crippen LogP contribution is 2.29. The van der Waals surface area contributed by atoms with E-state index in [2.05, 4.69) is 5.32 Å². The molecule has 0 aromatic heterocycles. The lowest BCUT2D eigenvalue weighted by atomic mass is 10.0. The van der Waals surface area contributed by atoms with Crippen LogP contribution < -0.4 is 14.8 Å². The Kier molecular flexibility index (Phi) is 6.29. The van der Waals surface area contributed by atoms with E-state index in [1.54, 1.807) is 31.4 Å². The number of carbonyl (C=O) groups is 1. The molecule has 2 atom stereocenters. The van der Waals surface area contributed by atoms with Crippen LogP contribution >= 0.6 is 0 Å². The summed E-state index contributed by atoms with van der Waals surface area (Å²) < 4.78 is 24.8. The van der Waals surface area contributed by atoms with Gasteiger partial charge in [-0.2, -0.15) is 0 Å². The van der Waals surface area contributed by atoms with Crippen LogP contribution in [0.15, 0.2) is 42.5 Å². The molecule has 0 radical (unpaired) electrons. The van der Waals surface area contributed by atoms with Crippen molar-refractivity contribution in [2.45, 2.75) is 38.5 Å². The fourth-order valence-corrected chi connectivity index (χ4v) is 3.48. The van der Waals surface area contributed by atoms with Crippen molar-refractivity contribution in [1.82, 2.24) is 5.32 Å². The number of methoxy groups -OCH3 is 1. The molecule has 1 aliphatic rings. The summed E-state index contributed by atoms with van der Waals surface area (Å²) in [6.45, 7) is 0.654. The van der Waals surface area contributed by atoms with Gasteiger partial charge in [-0.15, -0.1) is 0 Å². The standard InChI is InChI=1S/C21H24FNO4/c1-26-20-11-16(27-13-15-5-2-3-7-18(15)22)10-9-14(20)12-23-19-8-4-6-17(19)21(24)25/h2-3,5,7,9-11,17,19,23H,4,6,8,12-13H2,1H3,(H,24,25). The third-order valence-corrected chi connectivity index (χ3v) is 5.00. The van der Waals surface area contributed by atoms with Gasteiger partial charge in [0.25, 0.3) is 0 Å². The first-order valence-corrected chi connectivity index (χ1v) is 9.08. The fraction of sp³-hybridized carbons (Fsp3) is 0.381. The van der Waals surface area contributed by atoms with Crippen LogP contribution in [0.25, 0.3) is 0 Å². The van der Waals surface area contributed by atoms with Crippen molar-refractivity contribution < 1.29 is 23.8 Å². The summed E-state index contributed by atoms with van der Waals surface area (Å²) in [5.41, 5.74) is 1.41. The molecule has 3 rings (SSSR count). The molecule has 0 aliphatic heterocycles. The lowest BCUT2D eigenvalue weighted by molar-refractivity contribution is -0.142. The summed E-state index contributed by atoms with van der Waals surface area (Å²) in [6.07, 6.45) is 2.50. The first kappa shape index (κ1) is 19.2. The molecule has 1 saturated carbocycles. The minimum Gasteiger partial charge on any atom is -0.496 e. The Morgan fingerprint density at radius 2 is 2.04 bits per heavy atom. The number of carboxylic acids is 1. The highest BCUT2D eigenvalue weighted by atomic mass is 19.1. The number of hydrogen-bond acceptors (Lipinski definition) is 4. The number of aliphatic carboxylic acids is 1. The predicted molar refractivity (Wildman–Crippen MR) is 99.3 cm³/mol. The number of rotatable bonds is 8. The Balaban J connectivity index is 1.62. The maximum atomic E-state index is 13.7. The quantitative estimate of drug-likeness (QED) is 0.738. The molecular weight excluding hydrogens is 349 g/mol. The number of nitrogens with one attached hydrogen (secondary N) is 1. The van der Waals surface area contributed by atoms with Crippen molar-refractivity contribution in [3.63, 3.8) is 0 Å². The van der Waals surface area contributed by atoms with E-state index in [9.17, 15) is 14.3 Å². The number of ether oxygens (including phenoxy) is 2. The zero-order valence-electron chi connectivity index (χ0n) is 15.3. The fourth-order valence-electron chi connectivity index (χ4n) is 3.48. The monoisotopic (exact) mass is 373 g/mol. The lowest BCUT2D eigenvalue weighted by Gasteiger charge is -2.19. The zero-order valence-corrected chi connectivity index (χ0v) is 15.3. The van der Waals surface area contributed by atoms with Crippen LogP contribution in [0.5, 0.6) is 11.5 Å². The predicted octanol–water partition coefficient (Wildman–Crippen LogP) is 3.76. The van der Waals surface area contributed by atoms with Gasteiger partial charge in [0.1, 0.15) is 23.9 Å². The van der Waals surface area contributed by atoms with Gasteiger partial charge in [-0.25, -0.2) is 4.39 Å². The Labute approximate surface area is 158 Å². The molecule has 0 saturated heterocycles. The van der Waals surface area contributed by atoms with Crippen molar-refractivity contribution in [3.05, 3.63) is 59.4 Å². The van der Waals surface area contributed by atoms with Crippen LogP contribution in [0.3, 0.4) is 0 Å². The van der Waals surface area contributed by atoms with Crippen molar-refractivity contribution >= 4 is 5.97 Å². The van der Waals surface area contributed by atoms with E-state index in [1.165, 1.54) is 6.07 Å². The topological polar surface area (TPSA) is 67.8 Å². The average Bonchev–Trinajstić information content (AvgIpc) is 3.15. The van der Waals surface area contributed by atoms with Crippen molar-refractivity contribution in [2.24, 2.45) is 5.92 Å². The van der Waals surface area contributed by atoms with Gasteiger partial charge in [-0.1, -0.05) is 30.7 Å². The van der Waals surface area contributed by atoms with E-state index < -0.39 is 5.97 Å². The third-order valence-electron chi connectivity index (χ3n) is 5.00. The van der Waals surface area contributed by atoms with E-state index in [-0.39, 0.29) is 24.4 Å². The first-order chi connectivity index (χ1) is 13.1. The van der Waals surface area contributed by atoms with E-state index in [1.807, 2.05) is 12.1 Å². The molecule has 2 aromatic carbocycles. The highest BCUT2D eigenvalue weighted by Gasteiger charge is 2.32. The molecule has 144 valence electrons. The van der Waals surface area contributed by atoms with Crippen LogP contribution in [-0.4, -0.2) is 24.2 Å². The molecule has 2 N–H and O–H groups in total. The molecular formula is C21H24FNO4. The maximum absolute atomic E-state index is 13.7. The van der Waals surface area contributed by atoms with Crippen LogP contribution in [0.1, 0.15) is 30.4 Å². The van der Waals surface area contributed by atoms with Gasteiger partial charge in [0.05, 0.1) is 13.0 Å². The van der Waals surface area contributed by atoms with E-state index in [0.29, 0.717) is 30.0 Å². The van der Waals surface area contributed by atoms with Gasteiger partial charge >= 0.3 is 5.97 Å². The second-order valence-electron chi connectivity index (χ2n) is 6.72. The molecule has 0 bridgehead atoms. The van der Waals surface area contributed by atoms with Crippen LogP contribution in [0.2, 0.25) is 0 Å². The molecule has 2 aromatic rings. The molecule has 0 spiro atoms. The SMILES string of the molecule is COc1cc(OCc2ccccc2F)ccc1CNC1CCCC1C(=O)O. The normalized spacial score (nSPS) is 19.0. The van der Waals surface area contributed by atoms with Gasteiger partial charge in [-0.05, 0) is 25.0 Å². The van der Waals surface area contributed by atoms with Gasteiger partial charge in [0.2, 0.25) is 0 Å². The summed E-state index contributed by atoms with van der Waals surface area (Å²) in [5.74, 6) is -0.135. The van der Waals surface area contributed by atoms with Crippen molar-refractivity contribution in [2.75, 3.05) is 7.11 Å². The summed E-state index contributed by atoms with van der Waals surface area (Å²) in [5, 5.41) is 12.6. The van der Waals surface area contributed by atoms with Gasteiger partial charge in [0.15, 0.2) is 0 Å². The smallest absolute Gasteiger partial charge is 0.308 e.